The molecule has 0 fully saturated rings. The monoisotopic (exact) mass is 258 g/mol. The minimum absolute atomic E-state index is 0. The van der Waals surface area contributed by atoms with E-state index in [1.807, 2.05) is 7.05 Å². The average molecular weight is 259 g/mol. The largest absolute Gasteiger partial charge is 0.497 e. The zero-order valence-corrected chi connectivity index (χ0v) is 11.0. The van der Waals surface area contributed by atoms with Crippen LogP contribution in [0.25, 0.3) is 0 Å². The molecule has 1 aromatic carbocycles. The van der Waals surface area contributed by atoms with Gasteiger partial charge in [-0.3, -0.25) is 4.79 Å². The average Bonchev–Trinajstić information content (AvgIpc) is 2.34. The standard InChI is InChI=1S/C12H18N2O2.ClH/c1-13-8-3-9-14-12(15)10-4-6-11(16-2)7-5-10;/h4-7,13H,3,8-9H2,1-2H3,(H,14,15);1H. The molecule has 5 heteroatoms. The third-order valence-corrected chi connectivity index (χ3v) is 2.24. The number of amides is 1. The van der Waals surface area contributed by atoms with Crippen LogP contribution in [-0.4, -0.2) is 33.2 Å². The number of nitrogens with one attached hydrogen (secondary N) is 2. The van der Waals surface area contributed by atoms with Crippen LogP contribution in [0.3, 0.4) is 0 Å². The number of benzene rings is 1. The number of halogens is 1. The molecule has 0 heterocycles. The highest BCUT2D eigenvalue weighted by molar-refractivity contribution is 5.94. The fraction of sp³-hybridized carbons (Fsp3) is 0.417. The quantitative estimate of drug-likeness (QED) is 0.760. The normalized spacial score (nSPS) is 9.29. The molecule has 0 aliphatic carbocycles. The van der Waals surface area contributed by atoms with E-state index in [0.717, 1.165) is 18.7 Å². The van der Waals surface area contributed by atoms with Crippen molar-refractivity contribution in [2.75, 3.05) is 27.2 Å². The SMILES string of the molecule is CNCCCNC(=O)c1ccc(OC)cc1.Cl. The Morgan fingerprint density at radius 1 is 1.24 bits per heavy atom. The molecule has 0 aliphatic rings. The van der Waals surface area contributed by atoms with E-state index < -0.39 is 0 Å². The van der Waals surface area contributed by atoms with Crippen LogP contribution in [-0.2, 0) is 0 Å². The van der Waals surface area contributed by atoms with E-state index in [0.29, 0.717) is 12.1 Å². The first kappa shape index (κ1) is 15.7. The zero-order valence-electron chi connectivity index (χ0n) is 10.2. The van der Waals surface area contributed by atoms with Crippen LogP contribution in [0.15, 0.2) is 24.3 Å². The molecule has 1 rings (SSSR count). The van der Waals surface area contributed by atoms with Gasteiger partial charge in [0.05, 0.1) is 7.11 Å². The Kier molecular flexibility index (Phi) is 8.19. The van der Waals surface area contributed by atoms with Gasteiger partial charge in [0.1, 0.15) is 5.75 Å². The number of hydrogen-bond acceptors (Lipinski definition) is 3. The predicted molar refractivity (Wildman–Crippen MR) is 71.1 cm³/mol. The third-order valence-electron chi connectivity index (χ3n) is 2.24. The van der Waals surface area contributed by atoms with E-state index in [4.69, 9.17) is 4.74 Å². The molecular formula is C12H19ClN2O2. The third kappa shape index (κ3) is 5.56. The first-order valence-corrected chi connectivity index (χ1v) is 5.34. The van der Waals surface area contributed by atoms with E-state index in [-0.39, 0.29) is 18.3 Å². The lowest BCUT2D eigenvalue weighted by Crippen LogP contribution is -2.26. The van der Waals surface area contributed by atoms with Gasteiger partial charge in [0, 0.05) is 12.1 Å². The fourth-order valence-electron chi connectivity index (χ4n) is 1.31. The van der Waals surface area contributed by atoms with Gasteiger partial charge in [-0.15, -0.1) is 12.4 Å². The van der Waals surface area contributed by atoms with Crippen molar-refractivity contribution in [3.8, 4) is 5.75 Å². The smallest absolute Gasteiger partial charge is 0.251 e. The second-order valence-corrected chi connectivity index (χ2v) is 3.44. The first-order valence-electron chi connectivity index (χ1n) is 5.34. The van der Waals surface area contributed by atoms with Gasteiger partial charge in [-0.2, -0.15) is 0 Å². The number of carbonyl (C=O) groups is 1. The summed E-state index contributed by atoms with van der Waals surface area (Å²) >= 11 is 0. The van der Waals surface area contributed by atoms with Gasteiger partial charge >= 0.3 is 0 Å². The summed E-state index contributed by atoms with van der Waals surface area (Å²) in [7, 11) is 3.50. The van der Waals surface area contributed by atoms with E-state index in [2.05, 4.69) is 10.6 Å². The van der Waals surface area contributed by atoms with Gasteiger partial charge in [-0.05, 0) is 44.3 Å². The molecule has 0 spiro atoms. The highest BCUT2D eigenvalue weighted by Crippen LogP contribution is 2.10. The van der Waals surface area contributed by atoms with E-state index in [1.165, 1.54) is 0 Å². The first-order chi connectivity index (χ1) is 7.77. The number of rotatable bonds is 6. The van der Waals surface area contributed by atoms with E-state index in [1.54, 1.807) is 31.4 Å². The molecule has 0 unspecified atom stereocenters. The van der Waals surface area contributed by atoms with E-state index >= 15 is 0 Å². The molecule has 96 valence electrons. The van der Waals surface area contributed by atoms with Gasteiger partial charge in [-0.1, -0.05) is 0 Å². The number of carbonyl (C=O) groups excluding carboxylic acids is 1. The molecular weight excluding hydrogens is 240 g/mol. The summed E-state index contributed by atoms with van der Waals surface area (Å²) in [5.41, 5.74) is 0.658. The maximum absolute atomic E-state index is 11.6. The van der Waals surface area contributed by atoms with Gasteiger partial charge in [0.15, 0.2) is 0 Å². The van der Waals surface area contributed by atoms with Crippen molar-refractivity contribution in [1.82, 2.24) is 10.6 Å². The van der Waals surface area contributed by atoms with E-state index in [9.17, 15) is 4.79 Å². The Bertz CT molecular complexity index is 328. The molecule has 17 heavy (non-hydrogen) atoms. The van der Waals surface area contributed by atoms with Crippen LogP contribution >= 0.6 is 12.4 Å². The van der Waals surface area contributed by atoms with Crippen molar-refractivity contribution in [3.63, 3.8) is 0 Å². The summed E-state index contributed by atoms with van der Waals surface area (Å²) in [5, 5.41) is 5.88. The van der Waals surface area contributed by atoms with Crippen LogP contribution in [0, 0.1) is 0 Å². The number of hydrogen-bond donors (Lipinski definition) is 2. The van der Waals surface area contributed by atoms with Gasteiger partial charge in [-0.25, -0.2) is 0 Å². The van der Waals surface area contributed by atoms with Crippen molar-refractivity contribution in [3.05, 3.63) is 29.8 Å². The van der Waals surface area contributed by atoms with Crippen LogP contribution in [0.2, 0.25) is 0 Å². The van der Waals surface area contributed by atoms with Crippen molar-refractivity contribution in [2.24, 2.45) is 0 Å². The highest BCUT2D eigenvalue weighted by Gasteiger charge is 2.03. The molecule has 1 aromatic rings. The molecule has 0 saturated heterocycles. The van der Waals surface area contributed by atoms with Gasteiger partial charge in [0.25, 0.3) is 5.91 Å². The predicted octanol–water partition coefficient (Wildman–Crippen LogP) is 1.46. The molecule has 0 aliphatic heterocycles. The van der Waals surface area contributed by atoms with Crippen LogP contribution in [0.5, 0.6) is 5.75 Å². The fourth-order valence-corrected chi connectivity index (χ4v) is 1.31. The van der Waals surface area contributed by atoms with Crippen LogP contribution in [0.1, 0.15) is 16.8 Å². The minimum atomic E-state index is -0.0428. The van der Waals surface area contributed by atoms with Crippen molar-refractivity contribution < 1.29 is 9.53 Å². The maximum atomic E-state index is 11.6. The summed E-state index contributed by atoms with van der Waals surface area (Å²) < 4.78 is 5.02. The Morgan fingerprint density at radius 2 is 1.88 bits per heavy atom. The number of ether oxygens (including phenoxy) is 1. The summed E-state index contributed by atoms with van der Waals surface area (Å²) in [6, 6.07) is 7.07. The highest BCUT2D eigenvalue weighted by atomic mass is 35.5. The lowest BCUT2D eigenvalue weighted by Gasteiger charge is -2.05. The molecule has 1 amide bonds. The molecule has 0 radical (unpaired) electrons. The Morgan fingerprint density at radius 3 is 2.41 bits per heavy atom. The number of methoxy groups -OCH3 is 1. The van der Waals surface area contributed by atoms with Crippen molar-refractivity contribution in [2.45, 2.75) is 6.42 Å². The van der Waals surface area contributed by atoms with Crippen LogP contribution in [0.4, 0.5) is 0 Å². The minimum Gasteiger partial charge on any atom is -0.497 e. The Balaban J connectivity index is 0.00000256. The Hall–Kier alpha value is -1.26. The van der Waals surface area contributed by atoms with Gasteiger partial charge < -0.3 is 15.4 Å². The molecule has 2 N–H and O–H groups in total. The second-order valence-electron chi connectivity index (χ2n) is 3.44. The molecule has 0 atom stereocenters. The summed E-state index contributed by atoms with van der Waals surface area (Å²) in [6.45, 7) is 1.59. The van der Waals surface area contributed by atoms with Crippen molar-refractivity contribution in [1.29, 1.82) is 0 Å². The molecule has 0 saturated carbocycles. The second kappa shape index (κ2) is 8.84. The topological polar surface area (TPSA) is 50.4 Å². The Labute approximate surface area is 108 Å². The summed E-state index contributed by atoms with van der Waals surface area (Å²) in [5.74, 6) is 0.713. The lowest BCUT2D eigenvalue weighted by atomic mass is 10.2. The lowest BCUT2D eigenvalue weighted by molar-refractivity contribution is 0.0953. The van der Waals surface area contributed by atoms with Crippen LogP contribution < -0.4 is 15.4 Å². The summed E-state index contributed by atoms with van der Waals surface area (Å²) in [6.07, 6.45) is 0.929. The molecule has 0 bridgehead atoms. The summed E-state index contributed by atoms with van der Waals surface area (Å²) in [4.78, 5) is 11.6. The zero-order chi connectivity index (χ0) is 11.8. The van der Waals surface area contributed by atoms with Gasteiger partial charge in [0.2, 0.25) is 0 Å². The van der Waals surface area contributed by atoms with Crippen molar-refractivity contribution >= 4 is 18.3 Å². The maximum Gasteiger partial charge on any atom is 0.251 e. The molecule has 0 aromatic heterocycles. The molecule has 4 nitrogen and oxygen atoms in total.